The molecule has 0 unspecified atom stereocenters. The lowest BCUT2D eigenvalue weighted by molar-refractivity contribution is -0.137. The van der Waals surface area contributed by atoms with Crippen molar-refractivity contribution in [2.45, 2.75) is 19.6 Å². The maximum absolute atomic E-state index is 13.0. The number of aromatic nitrogens is 4. The van der Waals surface area contributed by atoms with Crippen molar-refractivity contribution in [2.24, 2.45) is 0 Å². The van der Waals surface area contributed by atoms with Gasteiger partial charge in [-0.1, -0.05) is 35.0 Å². The van der Waals surface area contributed by atoms with Gasteiger partial charge < -0.3 is 9.84 Å². The van der Waals surface area contributed by atoms with Crippen LogP contribution < -0.4 is 5.32 Å². The van der Waals surface area contributed by atoms with Gasteiger partial charge in [-0.25, -0.2) is 0 Å². The molecule has 0 radical (unpaired) electrons. The topological polar surface area (TPSA) is 85.3 Å². The number of amides is 1. The number of alkyl halides is 3. The number of nitrogens with zero attached hydrogens (tertiary/aromatic N) is 4. The summed E-state index contributed by atoms with van der Waals surface area (Å²) in [5, 5.41) is 14.6. The van der Waals surface area contributed by atoms with E-state index in [1.54, 1.807) is 31.2 Å². The zero-order chi connectivity index (χ0) is 21.5. The first-order chi connectivity index (χ1) is 14.3. The third kappa shape index (κ3) is 3.61. The summed E-state index contributed by atoms with van der Waals surface area (Å²) in [5.74, 6) is -0.127. The average molecular weight is 436 g/mol. The Labute approximate surface area is 172 Å². The molecule has 1 aromatic carbocycles. The first-order valence-electron chi connectivity index (χ1n) is 8.66. The van der Waals surface area contributed by atoms with E-state index in [2.05, 4.69) is 20.7 Å². The number of halogens is 4. The number of rotatable bonds is 4. The molecular weight excluding hydrogens is 423 g/mol. The number of aryl methyl sites for hydroxylation is 1. The number of carbonyl (C=O) groups excluding carboxylic acids is 1. The van der Waals surface area contributed by atoms with E-state index in [1.807, 2.05) is 0 Å². The van der Waals surface area contributed by atoms with E-state index in [1.165, 1.54) is 10.5 Å². The van der Waals surface area contributed by atoms with Crippen LogP contribution >= 0.6 is 11.6 Å². The normalized spacial score (nSPS) is 11.8. The Bertz CT molecular complexity index is 1250. The number of hydrogen-bond acceptors (Lipinski definition) is 5. The highest BCUT2D eigenvalue weighted by atomic mass is 35.5. The van der Waals surface area contributed by atoms with Gasteiger partial charge in [0.15, 0.2) is 11.5 Å². The molecule has 0 aliphatic heterocycles. The number of nitrogens with one attached hydrogen (secondary N) is 1. The van der Waals surface area contributed by atoms with E-state index in [-0.39, 0.29) is 35.0 Å². The van der Waals surface area contributed by atoms with E-state index >= 15 is 0 Å². The van der Waals surface area contributed by atoms with Crippen molar-refractivity contribution in [2.75, 3.05) is 0 Å². The van der Waals surface area contributed by atoms with E-state index < -0.39 is 17.6 Å². The van der Waals surface area contributed by atoms with E-state index in [0.29, 0.717) is 10.6 Å². The number of carbonyl (C=O) groups is 1. The highest BCUT2D eigenvalue weighted by Gasteiger charge is 2.31. The van der Waals surface area contributed by atoms with Crippen LogP contribution in [0.2, 0.25) is 5.02 Å². The monoisotopic (exact) mass is 435 g/mol. The molecule has 7 nitrogen and oxygen atoms in total. The van der Waals surface area contributed by atoms with Crippen LogP contribution in [0.1, 0.15) is 27.5 Å². The van der Waals surface area contributed by atoms with Crippen molar-refractivity contribution >= 4 is 23.2 Å². The summed E-state index contributed by atoms with van der Waals surface area (Å²) >= 11 is 6.19. The molecule has 0 spiro atoms. The quantitative estimate of drug-likeness (QED) is 0.516. The second kappa shape index (κ2) is 7.45. The third-order valence-corrected chi connectivity index (χ3v) is 4.76. The molecule has 0 aliphatic carbocycles. The first-order valence-corrected chi connectivity index (χ1v) is 9.03. The first kappa shape index (κ1) is 19.9. The molecule has 0 aliphatic rings. The summed E-state index contributed by atoms with van der Waals surface area (Å²) in [7, 11) is 0. The van der Waals surface area contributed by atoms with Crippen LogP contribution in [0.15, 0.2) is 47.1 Å². The molecular formula is C19H13ClF3N5O2. The predicted octanol–water partition coefficient (Wildman–Crippen LogP) is 4.29. The Kier molecular flexibility index (Phi) is 4.94. The van der Waals surface area contributed by atoms with Crippen LogP contribution in [-0.2, 0) is 12.7 Å². The van der Waals surface area contributed by atoms with Crippen molar-refractivity contribution in [1.82, 2.24) is 25.1 Å². The molecule has 1 amide bonds. The van der Waals surface area contributed by atoms with Crippen LogP contribution in [0.4, 0.5) is 13.2 Å². The summed E-state index contributed by atoms with van der Waals surface area (Å²) < 4.78 is 45.3. The number of fused-ring (bicyclic) bond motifs is 1. The Morgan fingerprint density at radius 2 is 1.97 bits per heavy atom. The van der Waals surface area contributed by atoms with Crippen LogP contribution in [-0.4, -0.2) is 25.7 Å². The van der Waals surface area contributed by atoms with Gasteiger partial charge in [-0.15, -0.1) is 10.2 Å². The fraction of sp³-hybridized carbons (Fsp3) is 0.158. The minimum Gasteiger partial charge on any atom is -0.360 e. The minimum atomic E-state index is -4.51. The second-order valence-corrected chi connectivity index (χ2v) is 6.79. The van der Waals surface area contributed by atoms with Gasteiger partial charge in [-0.05, 0) is 25.1 Å². The van der Waals surface area contributed by atoms with Gasteiger partial charge in [0.05, 0.1) is 17.1 Å². The predicted molar refractivity (Wildman–Crippen MR) is 101 cm³/mol. The molecule has 30 heavy (non-hydrogen) atoms. The van der Waals surface area contributed by atoms with Gasteiger partial charge >= 0.3 is 6.18 Å². The van der Waals surface area contributed by atoms with Crippen molar-refractivity contribution in [3.8, 4) is 11.3 Å². The SMILES string of the molecule is Cc1onc(-c2ccccc2Cl)c1C(=O)NCc1nnc2ccc(C(F)(F)F)cn12. The van der Waals surface area contributed by atoms with Crippen molar-refractivity contribution < 1.29 is 22.5 Å². The van der Waals surface area contributed by atoms with E-state index in [4.69, 9.17) is 16.1 Å². The highest BCUT2D eigenvalue weighted by Crippen LogP contribution is 2.31. The summed E-state index contributed by atoms with van der Waals surface area (Å²) in [5.41, 5.74) is 0.335. The molecule has 1 N–H and O–H groups in total. The van der Waals surface area contributed by atoms with Gasteiger partial charge in [0.25, 0.3) is 5.91 Å². The maximum Gasteiger partial charge on any atom is 0.417 e. The molecule has 0 saturated heterocycles. The Morgan fingerprint density at radius 3 is 2.70 bits per heavy atom. The lowest BCUT2D eigenvalue weighted by Gasteiger charge is -2.08. The van der Waals surface area contributed by atoms with Crippen molar-refractivity contribution in [1.29, 1.82) is 0 Å². The fourth-order valence-electron chi connectivity index (χ4n) is 2.95. The maximum atomic E-state index is 13.0. The van der Waals surface area contributed by atoms with Crippen LogP contribution in [0, 0.1) is 6.92 Å². The minimum absolute atomic E-state index is 0.137. The molecule has 3 aromatic heterocycles. The number of pyridine rings is 1. The molecule has 154 valence electrons. The molecule has 4 aromatic rings. The van der Waals surface area contributed by atoms with Gasteiger partial charge in [0.1, 0.15) is 17.0 Å². The lowest BCUT2D eigenvalue weighted by Crippen LogP contribution is -2.25. The van der Waals surface area contributed by atoms with Gasteiger partial charge in [-0.2, -0.15) is 13.2 Å². The zero-order valence-corrected chi connectivity index (χ0v) is 16.1. The number of hydrogen-bond donors (Lipinski definition) is 1. The summed E-state index contributed by atoms with van der Waals surface area (Å²) in [6.45, 7) is 1.41. The van der Waals surface area contributed by atoms with Crippen LogP contribution in [0.3, 0.4) is 0 Å². The fourth-order valence-corrected chi connectivity index (χ4v) is 3.18. The highest BCUT2D eigenvalue weighted by molar-refractivity contribution is 6.33. The van der Waals surface area contributed by atoms with Crippen LogP contribution in [0.25, 0.3) is 16.9 Å². The second-order valence-electron chi connectivity index (χ2n) is 6.38. The van der Waals surface area contributed by atoms with E-state index in [0.717, 1.165) is 12.3 Å². The molecule has 4 rings (SSSR count). The summed E-state index contributed by atoms with van der Waals surface area (Å²) in [4.78, 5) is 12.8. The summed E-state index contributed by atoms with van der Waals surface area (Å²) in [6, 6.07) is 8.96. The van der Waals surface area contributed by atoms with Crippen LogP contribution in [0.5, 0.6) is 0 Å². The Hall–Kier alpha value is -3.40. The molecule has 0 saturated carbocycles. The van der Waals surface area contributed by atoms with Crippen molar-refractivity contribution in [3.05, 3.63) is 70.3 Å². The third-order valence-electron chi connectivity index (χ3n) is 4.43. The molecule has 0 fully saturated rings. The smallest absolute Gasteiger partial charge is 0.360 e. The molecule has 0 atom stereocenters. The average Bonchev–Trinajstić information content (AvgIpc) is 3.28. The Morgan fingerprint density at radius 1 is 1.20 bits per heavy atom. The lowest BCUT2D eigenvalue weighted by atomic mass is 10.1. The van der Waals surface area contributed by atoms with Gasteiger partial charge in [-0.3, -0.25) is 9.20 Å². The van der Waals surface area contributed by atoms with E-state index in [9.17, 15) is 18.0 Å². The summed E-state index contributed by atoms with van der Waals surface area (Å²) in [6.07, 6.45) is -3.63. The van der Waals surface area contributed by atoms with Gasteiger partial charge in [0.2, 0.25) is 0 Å². The molecule has 0 bridgehead atoms. The standard InChI is InChI=1S/C19H13ClF3N5O2/c1-10-16(17(27-30-10)12-4-2-3-5-13(12)20)18(29)24-8-15-26-25-14-7-6-11(9-28(14)15)19(21,22)23/h2-7,9H,8H2,1H3,(H,24,29). The van der Waals surface area contributed by atoms with Gasteiger partial charge in [0, 0.05) is 11.8 Å². The van der Waals surface area contributed by atoms with Crippen molar-refractivity contribution in [3.63, 3.8) is 0 Å². The number of benzene rings is 1. The zero-order valence-electron chi connectivity index (χ0n) is 15.4. The Balaban J connectivity index is 1.61. The molecule has 3 heterocycles. The molecule has 11 heteroatoms. The largest absolute Gasteiger partial charge is 0.417 e.